The van der Waals surface area contributed by atoms with Gasteiger partial charge in [0.05, 0.1) is 16.5 Å². The second kappa shape index (κ2) is 8.55. The van der Waals surface area contributed by atoms with Crippen molar-refractivity contribution in [3.63, 3.8) is 0 Å². The predicted octanol–water partition coefficient (Wildman–Crippen LogP) is 3.28. The van der Waals surface area contributed by atoms with Crippen molar-refractivity contribution in [2.24, 2.45) is 0 Å². The molecule has 0 aliphatic carbocycles. The molecule has 7 nitrogen and oxygen atoms in total. The van der Waals surface area contributed by atoms with Crippen LogP contribution >= 0.6 is 11.6 Å². The van der Waals surface area contributed by atoms with E-state index in [1.54, 1.807) is 19.1 Å². The van der Waals surface area contributed by atoms with Crippen molar-refractivity contribution < 1.29 is 26.8 Å². The average Bonchev–Trinajstić information content (AvgIpc) is 2.72. The lowest BCUT2D eigenvalue weighted by Gasteiger charge is -2.29. The molecule has 32 heavy (non-hydrogen) atoms. The molecule has 10 heteroatoms. The van der Waals surface area contributed by atoms with Gasteiger partial charge < -0.3 is 14.1 Å². The largest absolute Gasteiger partial charge is 0.481 e. The summed E-state index contributed by atoms with van der Waals surface area (Å²) >= 11 is 6.17. The minimum Gasteiger partial charge on any atom is -0.481 e. The number of sulfone groups is 1. The molecule has 1 saturated heterocycles. The van der Waals surface area contributed by atoms with Crippen LogP contribution in [0, 0.1) is 5.82 Å². The first kappa shape index (κ1) is 22.3. The van der Waals surface area contributed by atoms with Gasteiger partial charge in [-0.05, 0) is 37.3 Å². The number of benzene rings is 2. The van der Waals surface area contributed by atoms with E-state index in [9.17, 15) is 22.4 Å². The van der Waals surface area contributed by atoms with Crippen LogP contribution in [-0.2, 0) is 14.6 Å². The Bertz CT molecular complexity index is 1360. The Labute approximate surface area is 188 Å². The van der Waals surface area contributed by atoms with Gasteiger partial charge in [0.2, 0.25) is 0 Å². The fourth-order valence-corrected chi connectivity index (χ4v) is 5.06. The van der Waals surface area contributed by atoms with Gasteiger partial charge in [0, 0.05) is 41.7 Å². The van der Waals surface area contributed by atoms with Crippen LogP contribution in [0.5, 0.6) is 5.75 Å². The van der Waals surface area contributed by atoms with Crippen LogP contribution < -0.4 is 10.4 Å². The Morgan fingerprint density at radius 3 is 2.53 bits per heavy atom. The first-order valence-electron chi connectivity index (χ1n) is 9.82. The topological polar surface area (TPSA) is 93.9 Å². The summed E-state index contributed by atoms with van der Waals surface area (Å²) in [5.41, 5.74) is 0.549. The molecule has 1 atom stereocenters. The van der Waals surface area contributed by atoms with Gasteiger partial charge in [0.1, 0.15) is 17.1 Å². The van der Waals surface area contributed by atoms with Crippen molar-refractivity contribution in [2.75, 3.05) is 24.6 Å². The summed E-state index contributed by atoms with van der Waals surface area (Å²) in [6, 6.07) is 9.93. The number of carbonyl (C=O) groups excluding carboxylic acids is 1. The zero-order valence-electron chi connectivity index (χ0n) is 17.0. The van der Waals surface area contributed by atoms with Crippen molar-refractivity contribution in [3.05, 3.63) is 63.7 Å². The van der Waals surface area contributed by atoms with E-state index in [0.29, 0.717) is 22.3 Å². The van der Waals surface area contributed by atoms with Gasteiger partial charge in [0.25, 0.3) is 5.91 Å². The smallest absolute Gasteiger partial charge is 0.336 e. The number of carbonyl (C=O) groups is 1. The first-order chi connectivity index (χ1) is 15.1. The summed E-state index contributed by atoms with van der Waals surface area (Å²) < 4.78 is 47.6. The monoisotopic (exact) mass is 479 g/mol. The average molecular weight is 480 g/mol. The maximum absolute atomic E-state index is 13.4. The molecule has 0 bridgehead atoms. The summed E-state index contributed by atoms with van der Waals surface area (Å²) in [6.45, 7) is 1.83. The summed E-state index contributed by atoms with van der Waals surface area (Å²) in [7, 11) is -3.10. The molecule has 1 fully saturated rings. The number of ether oxygens (including phenoxy) is 1. The van der Waals surface area contributed by atoms with Crippen LogP contribution in [0.2, 0.25) is 5.02 Å². The van der Waals surface area contributed by atoms with Gasteiger partial charge >= 0.3 is 5.63 Å². The fraction of sp³-hybridized carbons (Fsp3) is 0.273. The van der Waals surface area contributed by atoms with Crippen LogP contribution in [0.1, 0.15) is 6.92 Å². The van der Waals surface area contributed by atoms with Crippen molar-refractivity contribution in [1.29, 1.82) is 0 Å². The van der Waals surface area contributed by atoms with Crippen molar-refractivity contribution in [3.8, 4) is 16.9 Å². The Morgan fingerprint density at radius 2 is 1.84 bits per heavy atom. The number of rotatable bonds is 4. The Balaban J connectivity index is 1.60. The van der Waals surface area contributed by atoms with Crippen LogP contribution in [-0.4, -0.2) is 49.9 Å². The fourth-order valence-electron chi connectivity index (χ4n) is 3.59. The van der Waals surface area contributed by atoms with E-state index in [2.05, 4.69) is 0 Å². The van der Waals surface area contributed by atoms with Crippen LogP contribution in [0.3, 0.4) is 0 Å². The highest BCUT2D eigenvalue weighted by molar-refractivity contribution is 7.91. The molecule has 2 aromatic carbocycles. The highest BCUT2D eigenvalue weighted by Crippen LogP contribution is 2.34. The Hall–Kier alpha value is -2.91. The number of nitrogens with zero attached hydrogens (tertiary/aromatic N) is 1. The van der Waals surface area contributed by atoms with E-state index < -0.39 is 27.4 Å². The third-order valence-electron chi connectivity index (χ3n) is 5.25. The third-order valence-corrected chi connectivity index (χ3v) is 7.18. The summed E-state index contributed by atoms with van der Waals surface area (Å²) in [6.07, 6.45) is -0.866. The van der Waals surface area contributed by atoms with E-state index in [-0.39, 0.29) is 41.1 Å². The molecular formula is C22H19ClFNO6S. The normalized spacial score (nSPS) is 16.7. The van der Waals surface area contributed by atoms with E-state index in [1.165, 1.54) is 29.2 Å². The maximum Gasteiger partial charge on any atom is 0.336 e. The molecule has 4 rings (SSSR count). The van der Waals surface area contributed by atoms with Crippen molar-refractivity contribution in [1.82, 2.24) is 4.90 Å². The van der Waals surface area contributed by atoms with Gasteiger partial charge in [0.15, 0.2) is 15.9 Å². The van der Waals surface area contributed by atoms with E-state index in [4.69, 9.17) is 20.8 Å². The predicted molar refractivity (Wildman–Crippen MR) is 118 cm³/mol. The van der Waals surface area contributed by atoms with Gasteiger partial charge in [-0.15, -0.1) is 0 Å². The van der Waals surface area contributed by atoms with Crippen LogP contribution in [0.25, 0.3) is 22.1 Å². The minimum absolute atomic E-state index is 0.0681. The number of halogens is 2. The van der Waals surface area contributed by atoms with Crippen molar-refractivity contribution >= 4 is 38.3 Å². The Morgan fingerprint density at radius 1 is 1.12 bits per heavy atom. The van der Waals surface area contributed by atoms with Gasteiger partial charge in [-0.25, -0.2) is 17.6 Å². The van der Waals surface area contributed by atoms with Crippen LogP contribution in [0.15, 0.2) is 51.7 Å². The Kier molecular flexibility index (Phi) is 5.96. The molecule has 168 valence electrons. The lowest BCUT2D eigenvalue weighted by Crippen LogP contribution is -2.48. The zero-order valence-corrected chi connectivity index (χ0v) is 18.6. The van der Waals surface area contributed by atoms with Gasteiger partial charge in [-0.2, -0.15) is 0 Å². The van der Waals surface area contributed by atoms with E-state index >= 15 is 0 Å². The van der Waals surface area contributed by atoms with Crippen LogP contribution in [0.4, 0.5) is 4.39 Å². The molecule has 0 spiro atoms. The number of hydrogen-bond acceptors (Lipinski definition) is 6. The molecule has 0 saturated carbocycles. The molecule has 1 aliphatic rings. The molecule has 3 aromatic rings. The van der Waals surface area contributed by atoms with E-state index in [1.807, 2.05) is 0 Å². The molecule has 1 aliphatic heterocycles. The van der Waals surface area contributed by atoms with Gasteiger partial charge in [-0.1, -0.05) is 11.6 Å². The standard InChI is InChI=1S/C22H19ClFNO6S/c1-13(22(27)25-6-8-32(28,29)9-7-25)30-15-3-5-17-18(12-21(26)31-20(17)11-15)16-4-2-14(24)10-19(16)23/h2-5,10-13H,6-9H2,1H3/t13-/m1/s1. The second-order valence-corrected chi connectivity index (χ2v) is 10.2. The SMILES string of the molecule is C[C@@H](Oc1ccc2c(-c3ccc(F)cc3Cl)cc(=O)oc2c1)C(=O)N1CCS(=O)(=O)CC1. The molecule has 0 radical (unpaired) electrons. The first-order valence-corrected chi connectivity index (χ1v) is 12.0. The number of fused-ring (bicyclic) bond motifs is 1. The number of hydrogen-bond donors (Lipinski definition) is 0. The lowest BCUT2D eigenvalue weighted by molar-refractivity contribution is -0.137. The van der Waals surface area contributed by atoms with E-state index in [0.717, 1.165) is 6.07 Å². The molecule has 0 unspecified atom stereocenters. The maximum atomic E-state index is 13.4. The molecule has 1 amide bonds. The summed E-state index contributed by atoms with van der Waals surface area (Å²) in [5.74, 6) is -0.656. The molecular weight excluding hydrogens is 461 g/mol. The minimum atomic E-state index is -3.10. The summed E-state index contributed by atoms with van der Waals surface area (Å²) in [4.78, 5) is 26.2. The zero-order chi connectivity index (χ0) is 23.0. The molecule has 1 aromatic heterocycles. The summed E-state index contributed by atoms with van der Waals surface area (Å²) in [5, 5.41) is 0.714. The molecule has 0 N–H and O–H groups in total. The second-order valence-electron chi connectivity index (χ2n) is 7.50. The van der Waals surface area contributed by atoms with Gasteiger partial charge in [-0.3, -0.25) is 4.79 Å². The quantitative estimate of drug-likeness (QED) is 0.533. The lowest BCUT2D eigenvalue weighted by atomic mass is 10.0. The number of amides is 1. The van der Waals surface area contributed by atoms with Crippen molar-refractivity contribution in [2.45, 2.75) is 13.0 Å². The highest BCUT2D eigenvalue weighted by Gasteiger charge is 2.28. The molecule has 2 heterocycles. The highest BCUT2D eigenvalue weighted by atomic mass is 35.5. The third kappa shape index (κ3) is 4.63.